The smallest absolute Gasteiger partial charge is 0.343 e. The SMILES string of the molecule is COc1ccc(C(=O)Oc2ccc(Br)cc2/C=C2\SC(=O)N(Cc3ccc(Cl)cc3)C2=O)cc1. The molecule has 34 heavy (non-hydrogen) atoms. The van der Waals surface area contributed by atoms with Gasteiger partial charge in [0.2, 0.25) is 0 Å². The van der Waals surface area contributed by atoms with Crippen LogP contribution >= 0.6 is 39.3 Å². The predicted molar refractivity (Wildman–Crippen MR) is 135 cm³/mol. The number of carbonyl (C=O) groups excluding carboxylic acids is 3. The van der Waals surface area contributed by atoms with E-state index in [4.69, 9.17) is 21.1 Å². The average Bonchev–Trinajstić information content (AvgIpc) is 3.09. The van der Waals surface area contributed by atoms with Crippen LogP contribution in [0, 0.1) is 0 Å². The highest BCUT2D eigenvalue weighted by atomic mass is 79.9. The lowest BCUT2D eigenvalue weighted by molar-refractivity contribution is -0.123. The molecule has 1 saturated heterocycles. The van der Waals surface area contributed by atoms with Crippen LogP contribution in [0.15, 0.2) is 76.1 Å². The largest absolute Gasteiger partial charge is 0.497 e. The van der Waals surface area contributed by atoms with E-state index in [0.717, 1.165) is 21.8 Å². The Labute approximate surface area is 213 Å². The fourth-order valence-electron chi connectivity index (χ4n) is 3.16. The van der Waals surface area contributed by atoms with Crippen LogP contribution in [-0.2, 0) is 11.3 Å². The first-order valence-electron chi connectivity index (χ1n) is 9.99. The number of nitrogens with zero attached hydrogens (tertiary/aromatic N) is 1. The Bertz CT molecular complexity index is 1290. The molecule has 4 rings (SSSR count). The Morgan fingerprint density at radius 3 is 2.44 bits per heavy atom. The van der Waals surface area contributed by atoms with Crippen LogP contribution in [-0.4, -0.2) is 29.1 Å². The summed E-state index contributed by atoms with van der Waals surface area (Å²) in [5.41, 5.74) is 1.61. The van der Waals surface area contributed by atoms with Gasteiger partial charge in [-0.3, -0.25) is 14.5 Å². The van der Waals surface area contributed by atoms with E-state index < -0.39 is 11.9 Å². The molecule has 0 N–H and O–H groups in total. The summed E-state index contributed by atoms with van der Waals surface area (Å²) >= 11 is 10.1. The second-order valence-corrected chi connectivity index (χ2v) is 9.54. The van der Waals surface area contributed by atoms with E-state index >= 15 is 0 Å². The van der Waals surface area contributed by atoms with Gasteiger partial charge < -0.3 is 9.47 Å². The number of benzene rings is 3. The number of carbonyl (C=O) groups is 3. The third kappa shape index (κ3) is 5.52. The number of imide groups is 1. The summed E-state index contributed by atoms with van der Waals surface area (Å²) in [6.07, 6.45) is 1.55. The number of amides is 2. The Morgan fingerprint density at radius 1 is 1.06 bits per heavy atom. The predicted octanol–water partition coefficient (Wildman–Crippen LogP) is 6.57. The Hall–Kier alpha value is -3.07. The number of halogens is 2. The lowest BCUT2D eigenvalue weighted by Gasteiger charge is -2.12. The van der Waals surface area contributed by atoms with Crippen molar-refractivity contribution >= 4 is 62.5 Å². The van der Waals surface area contributed by atoms with E-state index in [-0.39, 0.29) is 22.4 Å². The maximum atomic E-state index is 13.0. The molecule has 2 amide bonds. The number of thioether (sulfide) groups is 1. The number of hydrogen-bond acceptors (Lipinski definition) is 6. The van der Waals surface area contributed by atoms with E-state index in [2.05, 4.69) is 15.9 Å². The molecule has 0 atom stereocenters. The highest BCUT2D eigenvalue weighted by molar-refractivity contribution is 9.10. The van der Waals surface area contributed by atoms with Gasteiger partial charge in [-0.25, -0.2) is 4.79 Å². The molecule has 3 aromatic rings. The van der Waals surface area contributed by atoms with Crippen LogP contribution in [0.4, 0.5) is 4.79 Å². The number of rotatable bonds is 6. The molecular weight excluding hydrogens is 542 g/mol. The molecule has 1 fully saturated rings. The molecular formula is C25H17BrClNO5S. The fourth-order valence-corrected chi connectivity index (χ4v) is 4.49. The molecule has 0 spiro atoms. The summed E-state index contributed by atoms with van der Waals surface area (Å²) in [5.74, 6) is -0.100. The van der Waals surface area contributed by atoms with Crippen molar-refractivity contribution in [2.24, 2.45) is 0 Å². The number of hydrogen-bond donors (Lipinski definition) is 0. The van der Waals surface area contributed by atoms with E-state index in [1.807, 2.05) is 0 Å². The Morgan fingerprint density at radius 2 is 1.76 bits per heavy atom. The Kier molecular flexibility index (Phi) is 7.41. The van der Waals surface area contributed by atoms with Gasteiger partial charge in [0.25, 0.3) is 11.1 Å². The van der Waals surface area contributed by atoms with Gasteiger partial charge in [-0.1, -0.05) is 39.7 Å². The number of esters is 1. The number of methoxy groups -OCH3 is 1. The lowest BCUT2D eigenvalue weighted by atomic mass is 10.1. The molecule has 0 bridgehead atoms. The van der Waals surface area contributed by atoms with Crippen LogP contribution in [0.2, 0.25) is 5.02 Å². The maximum absolute atomic E-state index is 13.0. The topological polar surface area (TPSA) is 72.9 Å². The minimum absolute atomic E-state index is 0.136. The lowest BCUT2D eigenvalue weighted by Crippen LogP contribution is -2.27. The molecule has 9 heteroatoms. The number of ether oxygens (including phenoxy) is 2. The molecule has 0 unspecified atom stereocenters. The van der Waals surface area contributed by atoms with Gasteiger partial charge in [0.15, 0.2) is 0 Å². The molecule has 172 valence electrons. The van der Waals surface area contributed by atoms with Crippen molar-refractivity contribution < 1.29 is 23.9 Å². The van der Waals surface area contributed by atoms with Gasteiger partial charge in [-0.05, 0) is 78.0 Å². The molecule has 3 aromatic carbocycles. The summed E-state index contributed by atoms with van der Waals surface area (Å²) < 4.78 is 11.4. The van der Waals surface area contributed by atoms with Gasteiger partial charge >= 0.3 is 5.97 Å². The third-order valence-corrected chi connectivity index (χ3v) is 6.57. The van der Waals surface area contributed by atoms with Crippen LogP contribution < -0.4 is 9.47 Å². The minimum Gasteiger partial charge on any atom is -0.497 e. The molecule has 0 aromatic heterocycles. The molecule has 1 aliphatic rings. The van der Waals surface area contributed by atoms with Crippen molar-refractivity contribution in [3.05, 3.63) is 97.8 Å². The first-order chi connectivity index (χ1) is 16.3. The van der Waals surface area contributed by atoms with Gasteiger partial charge in [-0.2, -0.15) is 0 Å². The molecule has 0 saturated carbocycles. The first kappa shape index (κ1) is 24.1. The van der Waals surface area contributed by atoms with Crippen molar-refractivity contribution in [3.63, 3.8) is 0 Å². The second kappa shape index (κ2) is 10.5. The highest BCUT2D eigenvalue weighted by Crippen LogP contribution is 2.36. The van der Waals surface area contributed by atoms with Crippen LogP contribution in [0.1, 0.15) is 21.5 Å². The second-order valence-electron chi connectivity index (χ2n) is 7.19. The molecule has 1 heterocycles. The van der Waals surface area contributed by atoms with E-state index in [9.17, 15) is 14.4 Å². The normalized spacial score (nSPS) is 14.6. The summed E-state index contributed by atoms with van der Waals surface area (Å²) in [6.45, 7) is 0.136. The van der Waals surface area contributed by atoms with Crippen molar-refractivity contribution in [2.45, 2.75) is 6.54 Å². The fraction of sp³-hybridized carbons (Fsp3) is 0.0800. The standard InChI is InChI=1S/C25H17BrClNO5S/c1-32-20-9-4-16(5-10-20)24(30)33-21-11-6-18(26)12-17(21)13-22-23(29)28(25(31)34-22)14-15-2-7-19(27)8-3-15/h2-13H,14H2,1H3/b22-13-. The van der Waals surface area contributed by atoms with E-state index in [0.29, 0.717) is 21.9 Å². The molecule has 0 radical (unpaired) electrons. The summed E-state index contributed by atoms with van der Waals surface area (Å²) in [5, 5.41) is 0.196. The van der Waals surface area contributed by atoms with Crippen LogP contribution in [0.3, 0.4) is 0 Å². The van der Waals surface area contributed by atoms with Crippen molar-refractivity contribution in [3.8, 4) is 11.5 Å². The van der Waals surface area contributed by atoms with Crippen molar-refractivity contribution in [2.75, 3.05) is 7.11 Å². The summed E-state index contributed by atoms with van der Waals surface area (Å²) in [4.78, 5) is 39.5. The van der Waals surface area contributed by atoms with E-state index in [1.165, 1.54) is 4.90 Å². The zero-order chi connectivity index (χ0) is 24.2. The summed E-state index contributed by atoms with van der Waals surface area (Å²) in [6, 6.07) is 18.5. The minimum atomic E-state index is -0.560. The molecule has 1 aliphatic heterocycles. The van der Waals surface area contributed by atoms with Crippen molar-refractivity contribution in [1.29, 1.82) is 0 Å². The summed E-state index contributed by atoms with van der Waals surface area (Å²) in [7, 11) is 1.54. The molecule has 0 aliphatic carbocycles. The van der Waals surface area contributed by atoms with Crippen LogP contribution in [0.5, 0.6) is 11.5 Å². The quantitative estimate of drug-likeness (QED) is 0.194. The van der Waals surface area contributed by atoms with Gasteiger partial charge in [0.1, 0.15) is 11.5 Å². The zero-order valence-corrected chi connectivity index (χ0v) is 20.9. The van der Waals surface area contributed by atoms with Crippen LogP contribution in [0.25, 0.3) is 6.08 Å². The van der Waals surface area contributed by atoms with Crippen molar-refractivity contribution in [1.82, 2.24) is 4.90 Å². The monoisotopic (exact) mass is 557 g/mol. The molecule has 6 nitrogen and oxygen atoms in total. The van der Waals surface area contributed by atoms with Gasteiger partial charge in [0.05, 0.1) is 24.1 Å². The Balaban J connectivity index is 1.56. The first-order valence-corrected chi connectivity index (χ1v) is 12.0. The van der Waals surface area contributed by atoms with E-state index in [1.54, 1.807) is 79.9 Å². The maximum Gasteiger partial charge on any atom is 0.343 e. The third-order valence-electron chi connectivity index (χ3n) is 4.91. The van der Waals surface area contributed by atoms with Gasteiger partial charge in [-0.15, -0.1) is 0 Å². The van der Waals surface area contributed by atoms with Gasteiger partial charge in [0, 0.05) is 15.1 Å². The average molecular weight is 559 g/mol. The highest BCUT2D eigenvalue weighted by Gasteiger charge is 2.35. The zero-order valence-electron chi connectivity index (χ0n) is 17.8.